The SMILES string of the molecule is Cc1nc(CNc2ccc(OC(F)F)cc2)c2ccccc2n1. The molecule has 1 heterocycles. The first kappa shape index (κ1) is 15.1. The van der Waals surface area contributed by atoms with Gasteiger partial charge in [-0.1, -0.05) is 18.2 Å². The molecule has 4 nitrogen and oxygen atoms in total. The number of benzene rings is 2. The molecule has 23 heavy (non-hydrogen) atoms. The Morgan fingerprint density at radius 1 is 1.04 bits per heavy atom. The molecule has 0 bridgehead atoms. The number of hydrogen-bond donors (Lipinski definition) is 1. The van der Waals surface area contributed by atoms with Crippen LogP contribution in [0.2, 0.25) is 0 Å². The zero-order valence-corrected chi connectivity index (χ0v) is 12.5. The Labute approximate surface area is 132 Å². The van der Waals surface area contributed by atoms with Gasteiger partial charge in [-0.05, 0) is 37.3 Å². The zero-order valence-electron chi connectivity index (χ0n) is 12.5. The standard InChI is InChI=1S/C17H15F2N3O/c1-11-21-15-5-3-2-4-14(15)16(22-11)10-20-12-6-8-13(9-7-12)23-17(18)19/h2-9,17,20H,10H2,1H3. The predicted octanol–water partition coefficient (Wildman–Crippen LogP) is 4.15. The van der Waals surface area contributed by atoms with Gasteiger partial charge in [-0.15, -0.1) is 0 Å². The van der Waals surface area contributed by atoms with Crippen LogP contribution in [0.25, 0.3) is 10.9 Å². The van der Waals surface area contributed by atoms with Crippen molar-refractivity contribution in [1.82, 2.24) is 9.97 Å². The van der Waals surface area contributed by atoms with Gasteiger partial charge in [0.2, 0.25) is 0 Å². The Balaban J connectivity index is 1.76. The average Bonchev–Trinajstić information content (AvgIpc) is 2.53. The molecular weight excluding hydrogens is 300 g/mol. The van der Waals surface area contributed by atoms with E-state index in [1.807, 2.05) is 31.2 Å². The van der Waals surface area contributed by atoms with Crippen molar-refractivity contribution in [1.29, 1.82) is 0 Å². The van der Waals surface area contributed by atoms with Gasteiger partial charge in [0.15, 0.2) is 0 Å². The highest BCUT2D eigenvalue weighted by atomic mass is 19.3. The van der Waals surface area contributed by atoms with E-state index in [1.54, 1.807) is 12.1 Å². The summed E-state index contributed by atoms with van der Waals surface area (Å²) in [5, 5.41) is 4.22. The number of aromatic nitrogens is 2. The maximum absolute atomic E-state index is 12.1. The number of alkyl halides is 2. The molecule has 118 valence electrons. The van der Waals surface area contributed by atoms with E-state index in [-0.39, 0.29) is 5.75 Å². The second kappa shape index (κ2) is 6.56. The molecule has 0 fully saturated rings. The minimum atomic E-state index is -2.82. The van der Waals surface area contributed by atoms with Crippen LogP contribution < -0.4 is 10.1 Å². The number of nitrogens with zero attached hydrogens (tertiary/aromatic N) is 2. The summed E-state index contributed by atoms with van der Waals surface area (Å²) >= 11 is 0. The number of fused-ring (bicyclic) bond motifs is 1. The lowest BCUT2D eigenvalue weighted by molar-refractivity contribution is -0.0498. The molecule has 0 radical (unpaired) electrons. The Bertz CT molecular complexity index is 807. The highest BCUT2D eigenvalue weighted by Gasteiger charge is 2.06. The fourth-order valence-corrected chi connectivity index (χ4v) is 2.34. The largest absolute Gasteiger partial charge is 0.435 e. The smallest absolute Gasteiger partial charge is 0.387 e. The Morgan fingerprint density at radius 3 is 2.52 bits per heavy atom. The van der Waals surface area contributed by atoms with Gasteiger partial charge in [-0.3, -0.25) is 0 Å². The monoisotopic (exact) mass is 315 g/mol. The number of rotatable bonds is 5. The third kappa shape index (κ3) is 3.71. The lowest BCUT2D eigenvalue weighted by Crippen LogP contribution is -2.05. The summed E-state index contributed by atoms with van der Waals surface area (Å²) in [6, 6.07) is 14.2. The first-order valence-corrected chi connectivity index (χ1v) is 7.13. The van der Waals surface area contributed by atoms with E-state index in [4.69, 9.17) is 0 Å². The summed E-state index contributed by atoms with van der Waals surface area (Å²) in [6.07, 6.45) is 0. The van der Waals surface area contributed by atoms with Crippen LogP contribution >= 0.6 is 0 Å². The zero-order chi connectivity index (χ0) is 16.2. The number of nitrogens with one attached hydrogen (secondary N) is 1. The maximum Gasteiger partial charge on any atom is 0.387 e. The fraction of sp³-hybridized carbons (Fsp3) is 0.176. The molecule has 0 saturated heterocycles. The molecule has 3 rings (SSSR count). The molecule has 1 N–H and O–H groups in total. The molecule has 0 aliphatic heterocycles. The fourth-order valence-electron chi connectivity index (χ4n) is 2.34. The molecule has 0 aliphatic rings. The normalized spacial score (nSPS) is 11.0. The van der Waals surface area contributed by atoms with Gasteiger partial charge in [-0.2, -0.15) is 8.78 Å². The van der Waals surface area contributed by atoms with Crippen LogP contribution in [0.5, 0.6) is 5.75 Å². The van der Waals surface area contributed by atoms with E-state index in [0.717, 1.165) is 22.3 Å². The van der Waals surface area contributed by atoms with Gasteiger partial charge in [0, 0.05) is 11.1 Å². The van der Waals surface area contributed by atoms with Crippen LogP contribution in [-0.4, -0.2) is 16.6 Å². The van der Waals surface area contributed by atoms with Gasteiger partial charge in [0.05, 0.1) is 17.8 Å². The number of hydrogen-bond acceptors (Lipinski definition) is 4. The van der Waals surface area contributed by atoms with Crippen molar-refractivity contribution in [3.8, 4) is 5.75 Å². The molecule has 6 heteroatoms. The van der Waals surface area contributed by atoms with Crippen molar-refractivity contribution in [3.05, 3.63) is 60.0 Å². The maximum atomic E-state index is 12.1. The first-order valence-electron chi connectivity index (χ1n) is 7.13. The number of anilines is 1. The van der Waals surface area contributed by atoms with Gasteiger partial charge in [-0.25, -0.2) is 9.97 Å². The summed E-state index contributed by atoms with van der Waals surface area (Å²) < 4.78 is 28.6. The minimum Gasteiger partial charge on any atom is -0.435 e. The third-order valence-corrected chi connectivity index (χ3v) is 3.33. The van der Waals surface area contributed by atoms with Crippen molar-refractivity contribution in [2.75, 3.05) is 5.32 Å². The number of aryl methyl sites for hydroxylation is 1. The molecule has 0 unspecified atom stereocenters. The number of para-hydroxylation sites is 1. The van der Waals surface area contributed by atoms with Crippen LogP contribution in [0, 0.1) is 6.92 Å². The molecule has 1 aromatic heterocycles. The van der Waals surface area contributed by atoms with Crippen LogP contribution in [-0.2, 0) is 6.54 Å². The van der Waals surface area contributed by atoms with Crippen molar-refractivity contribution in [3.63, 3.8) is 0 Å². The summed E-state index contributed by atoms with van der Waals surface area (Å²) in [4.78, 5) is 8.88. The van der Waals surface area contributed by atoms with Crippen LogP contribution in [0.3, 0.4) is 0 Å². The third-order valence-electron chi connectivity index (χ3n) is 3.33. The van der Waals surface area contributed by atoms with E-state index in [1.165, 1.54) is 12.1 Å². The predicted molar refractivity (Wildman–Crippen MR) is 84.7 cm³/mol. The van der Waals surface area contributed by atoms with Crippen LogP contribution in [0.1, 0.15) is 11.5 Å². The Morgan fingerprint density at radius 2 is 1.78 bits per heavy atom. The molecular formula is C17H15F2N3O. The van der Waals surface area contributed by atoms with Gasteiger partial charge in [0.25, 0.3) is 0 Å². The molecule has 0 amide bonds. The van der Waals surface area contributed by atoms with E-state index in [9.17, 15) is 8.78 Å². The lowest BCUT2D eigenvalue weighted by Gasteiger charge is -2.10. The van der Waals surface area contributed by atoms with Gasteiger partial charge in [0.1, 0.15) is 11.6 Å². The van der Waals surface area contributed by atoms with E-state index in [0.29, 0.717) is 12.4 Å². The Hall–Kier alpha value is -2.76. The number of halogens is 2. The lowest BCUT2D eigenvalue weighted by atomic mass is 10.2. The first-order chi connectivity index (χ1) is 11.1. The topological polar surface area (TPSA) is 47.0 Å². The molecule has 0 atom stereocenters. The summed E-state index contributed by atoms with van der Waals surface area (Å²) in [7, 11) is 0. The molecule has 0 saturated carbocycles. The van der Waals surface area contributed by atoms with Gasteiger partial charge < -0.3 is 10.1 Å². The van der Waals surface area contributed by atoms with Crippen molar-refractivity contribution in [2.45, 2.75) is 20.1 Å². The number of ether oxygens (including phenoxy) is 1. The summed E-state index contributed by atoms with van der Waals surface area (Å²) in [5.41, 5.74) is 2.59. The van der Waals surface area contributed by atoms with Crippen molar-refractivity contribution < 1.29 is 13.5 Å². The second-order valence-corrected chi connectivity index (χ2v) is 4.99. The molecule has 2 aromatic carbocycles. The second-order valence-electron chi connectivity index (χ2n) is 4.99. The average molecular weight is 315 g/mol. The molecule has 0 spiro atoms. The Kier molecular flexibility index (Phi) is 4.32. The van der Waals surface area contributed by atoms with Crippen LogP contribution in [0.4, 0.5) is 14.5 Å². The highest BCUT2D eigenvalue weighted by molar-refractivity contribution is 5.81. The van der Waals surface area contributed by atoms with Crippen molar-refractivity contribution >= 4 is 16.6 Å². The summed E-state index contributed by atoms with van der Waals surface area (Å²) in [6.45, 7) is -0.449. The molecule has 0 aliphatic carbocycles. The quantitative estimate of drug-likeness (QED) is 0.768. The highest BCUT2D eigenvalue weighted by Crippen LogP contribution is 2.20. The van der Waals surface area contributed by atoms with Crippen LogP contribution in [0.15, 0.2) is 48.5 Å². The van der Waals surface area contributed by atoms with E-state index >= 15 is 0 Å². The van der Waals surface area contributed by atoms with Crippen molar-refractivity contribution in [2.24, 2.45) is 0 Å². The van der Waals surface area contributed by atoms with E-state index in [2.05, 4.69) is 20.0 Å². The van der Waals surface area contributed by atoms with E-state index < -0.39 is 6.61 Å². The summed E-state index contributed by atoms with van der Waals surface area (Å²) in [5.74, 6) is 0.843. The minimum absolute atomic E-state index is 0.133. The van der Waals surface area contributed by atoms with Gasteiger partial charge >= 0.3 is 6.61 Å². The molecule has 3 aromatic rings.